The minimum atomic E-state index is -3.70. The van der Waals surface area contributed by atoms with E-state index in [2.05, 4.69) is 20.3 Å². The van der Waals surface area contributed by atoms with Crippen LogP contribution in [0.25, 0.3) is 16.6 Å². The highest BCUT2D eigenvalue weighted by molar-refractivity contribution is 7.90. The van der Waals surface area contributed by atoms with Crippen LogP contribution in [0.1, 0.15) is 22.5 Å². The van der Waals surface area contributed by atoms with E-state index in [1.165, 1.54) is 12.4 Å². The maximum atomic E-state index is 14.5. The number of aromatic nitrogens is 4. The average molecular weight is 451 g/mol. The summed E-state index contributed by atoms with van der Waals surface area (Å²) in [6, 6.07) is 6.74. The number of pyridine rings is 1. The van der Waals surface area contributed by atoms with Crippen molar-refractivity contribution >= 4 is 21.3 Å². The summed E-state index contributed by atoms with van der Waals surface area (Å²) in [4.78, 5) is 13.2. The Balaban J connectivity index is 1.47. The van der Waals surface area contributed by atoms with Gasteiger partial charge in [-0.25, -0.2) is 22.8 Å². The lowest BCUT2D eigenvalue weighted by Gasteiger charge is -2.13. The number of aryl methyl sites for hydroxylation is 1. The lowest BCUT2D eigenvalue weighted by molar-refractivity contribution is 0.356. The SMILES string of the molecule is Cc1ccc2c(n1)CS(=O)(=O)c1ncn3c(NCc4c(F)ccc5c4CCO5)ncc-2c13. The Labute approximate surface area is 183 Å². The summed E-state index contributed by atoms with van der Waals surface area (Å²) < 4.78 is 47.8. The molecule has 0 spiro atoms. The predicted octanol–water partition coefficient (Wildman–Crippen LogP) is 3.07. The highest BCUT2D eigenvalue weighted by atomic mass is 32.2. The molecule has 0 saturated carbocycles. The van der Waals surface area contributed by atoms with Crippen molar-refractivity contribution in [2.45, 2.75) is 30.7 Å². The van der Waals surface area contributed by atoms with E-state index < -0.39 is 9.84 Å². The van der Waals surface area contributed by atoms with Crippen molar-refractivity contribution in [3.8, 4) is 16.9 Å². The number of nitrogens with one attached hydrogen (secondary N) is 1. The van der Waals surface area contributed by atoms with Crippen LogP contribution in [0.15, 0.2) is 41.8 Å². The van der Waals surface area contributed by atoms with E-state index in [1.54, 1.807) is 16.7 Å². The molecule has 6 rings (SSSR count). The molecule has 4 aromatic rings. The van der Waals surface area contributed by atoms with Gasteiger partial charge in [0, 0.05) is 47.1 Å². The van der Waals surface area contributed by atoms with Crippen LogP contribution in [0.4, 0.5) is 10.3 Å². The van der Waals surface area contributed by atoms with Gasteiger partial charge in [0.25, 0.3) is 0 Å². The van der Waals surface area contributed by atoms with Crippen LogP contribution in [-0.2, 0) is 28.6 Å². The number of fused-ring (bicyclic) bond motifs is 3. The zero-order chi connectivity index (χ0) is 22.0. The van der Waals surface area contributed by atoms with Crippen molar-refractivity contribution in [3.63, 3.8) is 0 Å². The first kappa shape index (κ1) is 19.2. The van der Waals surface area contributed by atoms with E-state index in [1.807, 2.05) is 19.1 Å². The van der Waals surface area contributed by atoms with Gasteiger partial charge in [0.1, 0.15) is 17.9 Å². The minimum Gasteiger partial charge on any atom is -0.493 e. The summed E-state index contributed by atoms with van der Waals surface area (Å²) in [5.74, 6) is 0.516. The Hall–Kier alpha value is -3.53. The van der Waals surface area contributed by atoms with E-state index in [9.17, 15) is 12.8 Å². The zero-order valence-corrected chi connectivity index (χ0v) is 17.9. The van der Waals surface area contributed by atoms with E-state index in [0.717, 1.165) is 11.3 Å². The molecule has 162 valence electrons. The van der Waals surface area contributed by atoms with Gasteiger partial charge in [0.05, 0.1) is 23.6 Å². The largest absolute Gasteiger partial charge is 0.493 e. The lowest BCUT2D eigenvalue weighted by atomic mass is 10.0. The Kier molecular flexibility index (Phi) is 4.03. The molecule has 32 heavy (non-hydrogen) atoms. The number of ether oxygens (including phenoxy) is 1. The van der Waals surface area contributed by atoms with E-state index in [-0.39, 0.29) is 23.1 Å². The molecule has 5 heterocycles. The molecule has 0 amide bonds. The maximum Gasteiger partial charge on any atom is 0.209 e. The number of hydrogen-bond donors (Lipinski definition) is 1. The first-order valence-electron chi connectivity index (χ1n) is 10.1. The molecule has 1 N–H and O–H groups in total. The lowest BCUT2D eigenvalue weighted by Crippen LogP contribution is -2.10. The second kappa shape index (κ2) is 6.73. The number of imidazole rings is 1. The van der Waals surface area contributed by atoms with Crippen LogP contribution in [0, 0.1) is 12.7 Å². The summed E-state index contributed by atoms with van der Waals surface area (Å²) >= 11 is 0. The fourth-order valence-corrected chi connectivity index (χ4v) is 5.86. The first-order valence-corrected chi connectivity index (χ1v) is 11.8. The van der Waals surface area contributed by atoms with Gasteiger partial charge in [-0.2, -0.15) is 0 Å². The number of hydrogen-bond acceptors (Lipinski definition) is 7. The molecule has 0 fully saturated rings. The highest BCUT2D eigenvalue weighted by Gasteiger charge is 2.31. The van der Waals surface area contributed by atoms with Gasteiger partial charge in [-0.3, -0.25) is 9.38 Å². The van der Waals surface area contributed by atoms with Gasteiger partial charge < -0.3 is 10.1 Å². The van der Waals surface area contributed by atoms with E-state index in [0.29, 0.717) is 52.6 Å². The molecule has 2 aliphatic heterocycles. The Morgan fingerprint density at radius 1 is 1.19 bits per heavy atom. The van der Waals surface area contributed by atoms with Crippen LogP contribution in [0.3, 0.4) is 0 Å². The zero-order valence-electron chi connectivity index (χ0n) is 17.1. The van der Waals surface area contributed by atoms with Crippen molar-refractivity contribution < 1.29 is 17.5 Å². The summed E-state index contributed by atoms with van der Waals surface area (Å²) in [5, 5.41) is 3.14. The number of rotatable bonds is 3. The minimum absolute atomic E-state index is 0.00575. The van der Waals surface area contributed by atoms with Crippen LogP contribution >= 0.6 is 0 Å². The third kappa shape index (κ3) is 2.79. The van der Waals surface area contributed by atoms with Crippen molar-refractivity contribution in [2.75, 3.05) is 11.9 Å². The molecule has 3 aromatic heterocycles. The highest BCUT2D eigenvalue weighted by Crippen LogP contribution is 2.37. The number of sulfone groups is 1. The second-order valence-corrected chi connectivity index (χ2v) is 9.83. The summed E-state index contributed by atoms with van der Waals surface area (Å²) in [5.41, 5.74) is 4.38. The molecule has 0 aliphatic carbocycles. The van der Waals surface area contributed by atoms with Crippen molar-refractivity contribution in [1.29, 1.82) is 0 Å². The fraction of sp³-hybridized carbons (Fsp3) is 0.227. The molecule has 0 atom stereocenters. The topological polar surface area (TPSA) is 98.5 Å². The van der Waals surface area contributed by atoms with Crippen LogP contribution in [0.5, 0.6) is 5.75 Å². The van der Waals surface area contributed by atoms with Gasteiger partial charge in [0.2, 0.25) is 15.8 Å². The Morgan fingerprint density at radius 3 is 2.94 bits per heavy atom. The third-order valence-electron chi connectivity index (χ3n) is 5.92. The molecular formula is C22H18FN5O3S. The molecule has 0 saturated heterocycles. The van der Waals surface area contributed by atoms with E-state index >= 15 is 0 Å². The van der Waals surface area contributed by atoms with Gasteiger partial charge >= 0.3 is 0 Å². The van der Waals surface area contributed by atoms with Crippen LogP contribution < -0.4 is 10.1 Å². The van der Waals surface area contributed by atoms with Gasteiger partial charge in [-0.05, 0) is 25.1 Å². The predicted molar refractivity (Wildman–Crippen MR) is 115 cm³/mol. The average Bonchev–Trinajstić information content (AvgIpc) is 3.39. The molecular weight excluding hydrogens is 433 g/mol. The monoisotopic (exact) mass is 451 g/mol. The fourth-order valence-electron chi connectivity index (χ4n) is 4.43. The maximum absolute atomic E-state index is 14.5. The quantitative estimate of drug-likeness (QED) is 0.511. The van der Waals surface area contributed by atoms with Crippen LogP contribution in [0.2, 0.25) is 0 Å². The van der Waals surface area contributed by atoms with Crippen molar-refractivity contribution in [2.24, 2.45) is 0 Å². The summed E-state index contributed by atoms with van der Waals surface area (Å²) in [6.07, 6.45) is 3.69. The summed E-state index contributed by atoms with van der Waals surface area (Å²) in [7, 11) is -3.70. The molecule has 10 heteroatoms. The molecule has 1 aromatic carbocycles. The number of benzene rings is 1. The molecule has 0 radical (unpaired) electrons. The number of nitrogens with zero attached hydrogens (tertiary/aromatic N) is 4. The molecule has 8 nitrogen and oxygen atoms in total. The molecule has 2 aliphatic rings. The van der Waals surface area contributed by atoms with Crippen molar-refractivity contribution in [3.05, 3.63) is 65.1 Å². The number of halogens is 1. The van der Waals surface area contributed by atoms with Gasteiger partial charge in [-0.1, -0.05) is 6.07 Å². The summed E-state index contributed by atoms with van der Waals surface area (Å²) in [6.45, 7) is 2.53. The smallest absolute Gasteiger partial charge is 0.209 e. The first-order chi connectivity index (χ1) is 15.4. The molecule has 0 bridgehead atoms. The Bertz CT molecular complexity index is 1530. The number of anilines is 1. The third-order valence-corrected chi connectivity index (χ3v) is 7.46. The standard InChI is InChI=1S/C22H18FN5O3S/c1-12-2-3-13-16-9-25-22(24-8-15-14-6-7-31-19(14)5-4-17(15)23)28-11-26-21(20(16)28)32(29,30)10-18(13)27-12/h2-5,9,11H,6-8,10H2,1H3,(H,24,25). The second-order valence-electron chi connectivity index (χ2n) is 7.92. The molecule has 0 unspecified atom stereocenters. The van der Waals surface area contributed by atoms with Crippen molar-refractivity contribution in [1.82, 2.24) is 19.4 Å². The Morgan fingerprint density at radius 2 is 2.06 bits per heavy atom. The van der Waals surface area contributed by atoms with E-state index in [4.69, 9.17) is 4.74 Å². The van der Waals surface area contributed by atoms with Gasteiger partial charge in [-0.15, -0.1) is 0 Å². The van der Waals surface area contributed by atoms with Crippen LogP contribution in [-0.4, -0.2) is 34.4 Å². The van der Waals surface area contributed by atoms with Gasteiger partial charge in [0.15, 0.2) is 5.03 Å². The normalized spacial score (nSPS) is 15.7.